The van der Waals surface area contributed by atoms with Crippen molar-refractivity contribution in [3.8, 4) is 11.5 Å². The molecule has 0 fully saturated rings. The molecule has 136 valence electrons. The lowest BCUT2D eigenvalue weighted by molar-refractivity contribution is 0.241. The van der Waals surface area contributed by atoms with Crippen LogP contribution in [0.5, 0.6) is 11.5 Å². The zero-order valence-corrected chi connectivity index (χ0v) is 15.3. The van der Waals surface area contributed by atoms with Crippen LogP contribution in [0, 0.1) is 0 Å². The lowest BCUT2D eigenvalue weighted by Gasteiger charge is -2.27. The lowest BCUT2D eigenvalue weighted by atomic mass is 10.0. The molecular formula is C19H27N3O3. The summed E-state index contributed by atoms with van der Waals surface area (Å²) < 4.78 is 12.6. The van der Waals surface area contributed by atoms with Crippen molar-refractivity contribution in [1.82, 2.24) is 14.7 Å². The van der Waals surface area contributed by atoms with Crippen LogP contribution < -0.4 is 9.47 Å². The first-order chi connectivity index (χ1) is 12.2. The number of fused-ring (bicyclic) bond motifs is 1. The third-order valence-corrected chi connectivity index (χ3v) is 4.94. The van der Waals surface area contributed by atoms with Crippen LogP contribution in [0.25, 0.3) is 0 Å². The van der Waals surface area contributed by atoms with Gasteiger partial charge in [0.2, 0.25) is 0 Å². The van der Waals surface area contributed by atoms with Gasteiger partial charge in [0, 0.05) is 37.8 Å². The molecule has 1 aromatic carbocycles. The van der Waals surface area contributed by atoms with Crippen molar-refractivity contribution >= 4 is 0 Å². The average molecular weight is 345 g/mol. The number of aromatic nitrogens is 2. The first kappa shape index (κ1) is 17.8. The Labute approximate surface area is 149 Å². The molecule has 0 bridgehead atoms. The summed E-state index contributed by atoms with van der Waals surface area (Å²) in [6.45, 7) is 2.98. The van der Waals surface area contributed by atoms with E-state index in [9.17, 15) is 5.11 Å². The molecule has 6 nitrogen and oxygen atoms in total. The Morgan fingerprint density at radius 3 is 2.72 bits per heavy atom. The zero-order chi connectivity index (χ0) is 17.8. The molecule has 0 amide bonds. The van der Waals surface area contributed by atoms with E-state index in [1.807, 2.05) is 17.8 Å². The van der Waals surface area contributed by atoms with E-state index in [4.69, 9.17) is 9.47 Å². The van der Waals surface area contributed by atoms with Crippen LogP contribution in [0.3, 0.4) is 0 Å². The van der Waals surface area contributed by atoms with E-state index in [0.29, 0.717) is 0 Å². The second-order valence-corrected chi connectivity index (χ2v) is 6.47. The molecule has 0 saturated heterocycles. The van der Waals surface area contributed by atoms with E-state index in [0.717, 1.165) is 56.1 Å². The minimum absolute atomic E-state index is 0.0165. The van der Waals surface area contributed by atoms with Crippen molar-refractivity contribution in [3.05, 3.63) is 40.7 Å². The maximum Gasteiger partial charge on any atom is 0.160 e. The van der Waals surface area contributed by atoms with Crippen molar-refractivity contribution in [2.45, 2.75) is 32.4 Å². The summed E-state index contributed by atoms with van der Waals surface area (Å²) in [6, 6.07) is 6.11. The third kappa shape index (κ3) is 3.80. The third-order valence-electron chi connectivity index (χ3n) is 4.94. The van der Waals surface area contributed by atoms with Gasteiger partial charge >= 0.3 is 0 Å². The van der Waals surface area contributed by atoms with Crippen LogP contribution >= 0.6 is 0 Å². The van der Waals surface area contributed by atoms with Gasteiger partial charge < -0.3 is 14.6 Å². The fourth-order valence-electron chi connectivity index (χ4n) is 3.59. The Morgan fingerprint density at radius 1 is 1.20 bits per heavy atom. The summed E-state index contributed by atoms with van der Waals surface area (Å²) in [4.78, 5) is 2.45. The lowest BCUT2D eigenvalue weighted by Crippen LogP contribution is -2.32. The van der Waals surface area contributed by atoms with Crippen LogP contribution in [0.4, 0.5) is 0 Å². The number of hydrogen-bond acceptors (Lipinski definition) is 5. The molecular weight excluding hydrogens is 318 g/mol. The molecule has 0 spiro atoms. The number of aliphatic hydroxyl groups is 1. The molecule has 6 heteroatoms. The monoisotopic (exact) mass is 345 g/mol. The number of aryl methyl sites for hydroxylation is 2. The van der Waals surface area contributed by atoms with Gasteiger partial charge in [-0.25, -0.2) is 0 Å². The van der Waals surface area contributed by atoms with Gasteiger partial charge in [0.1, 0.15) is 0 Å². The number of nitrogens with zero attached hydrogens (tertiary/aromatic N) is 3. The molecule has 0 atom stereocenters. The van der Waals surface area contributed by atoms with Crippen molar-refractivity contribution in [2.24, 2.45) is 7.05 Å². The van der Waals surface area contributed by atoms with Crippen LogP contribution in [-0.2, 0) is 33.0 Å². The Morgan fingerprint density at radius 2 is 2.00 bits per heavy atom. The highest BCUT2D eigenvalue weighted by Gasteiger charge is 2.23. The maximum absolute atomic E-state index is 9.49. The second kappa shape index (κ2) is 7.89. The second-order valence-electron chi connectivity index (χ2n) is 6.47. The van der Waals surface area contributed by atoms with Crippen molar-refractivity contribution in [2.75, 3.05) is 27.3 Å². The Hall–Kier alpha value is -2.05. The Balaban J connectivity index is 1.56. The summed E-state index contributed by atoms with van der Waals surface area (Å²) >= 11 is 0. The van der Waals surface area contributed by atoms with Gasteiger partial charge in [0.25, 0.3) is 0 Å². The highest BCUT2D eigenvalue weighted by molar-refractivity contribution is 5.42. The number of benzene rings is 1. The van der Waals surface area contributed by atoms with E-state index >= 15 is 0 Å². The minimum atomic E-state index is 0.0165. The molecule has 0 aliphatic carbocycles. The normalized spacial score (nSPS) is 14.4. The van der Waals surface area contributed by atoms with E-state index in [-0.39, 0.29) is 6.61 Å². The molecule has 0 unspecified atom stereocenters. The predicted octanol–water partition coefficient (Wildman–Crippen LogP) is 1.92. The molecule has 1 aromatic heterocycles. The molecule has 3 rings (SSSR count). The molecule has 2 aromatic rings. The van der Waals surface area contributed by atoms with Crippen LogP contribution in [-0.4, -0.2) is 47.1 Å². The first-order valence-electron chi connectivity index (χ1n) is 8.74. The van der Waals surface area contributed by atoms with Crippen LogP contribution in [0.15, 0.2) is 18.2 Å². The SMILES string of the molecule is COc1ccc(CCCN2CCc3c(c(CO)nn3C)C2)cc1OC. The maximum atomic E-state index is 9.49. The van der Waals surface area contributed by atoms with Crippen LogP contribution in [0.2, 0.25) is 0 Å². The molecule has 0 radical (unpaired) electrons. The largest absolute Gasteiger partial charge is 0.493 e. The summed E-state index contributed by atoms with van der Waals surface area (Å²) in [5, 5.41) is 13.9. The Kier molecular flexibility index (Phi) is 5.60. The van der Waals surface area contributed by atoms with Crippen molar-refractivity contribution in [3.63, 3.8) is 0 Å². The van der Waals surface area contributed by atoms with E-state index in [1.54, 1.807) is 14.2 Å². The highest BCUT2D eigenvalue weighted by Crippen LogP contribution is 2.28. The Bertz CT molecular complexity index is 727. The number of rotatable bonds is 7. The van der Waals surface area contributed by atoms with Gasteiger partial charge in [-0.1, -0.05) is 6.07 Å². The van der Waals surface area contributed by atoms with Crippen molar-refractivity contribution < 1.29 is 14.6 Å². The van der Waals surface area contributed by atoms with Crippen LogP contribution in [0.1, 0.15) is 28.9 Å². The zero-order valence-electron chi connectivity index (χ0n) is 15.3. The fraction of sp³-hybridized carbons (Fsp3) is 0.526. The minimum Gasteiger partial charge on any atom is -0.493 e. The summed E-state index contributed by atoms with van der Waals surface area (Å²) in [5.74, 6) is 1.55. The molecule has 1 aliphatic rings. The molecule has 1 aliphatic heterocycles. The smallest absolute Gasteiger partial charge is 0.160 e. The van der Waals surface area contributed by atoms with Gasteiger partial charge in [0.15, 0.2) is 11.5 Å². The van der Waals surface area contributed by atoms with E-state index in [2.05, 4.69) is 22.1 Å². The topological polar surface area (TPSA) is 59.8 Å². The summed E-state index contributed by atoms with van der Waals surface area (Å²) in [7, 11) is 5.28. The number of aliphatic hydroxyl groups excluding tert-OH is 1. The molecule has 2 heterocycles. The number of hydrogen-bond donors (Lipinski definition) is 1. The molecule has 25 heavy (non-hydrogen) atoms. The first-order valence-corrected chi connectivity index (χ1v) is 8.74. The number of ether oxygens (including phenoxy) is 2. The summed E-state index contributed by atoms with van der Waals surface area (Å²) in [5.41, 5.74) is 4.55. The van der Waals surface area contributed by atoms with E-state index in [1.165, 1.54) is 16.8 Å². The van der Waals surface area contributed by atoms with Gasteiger partial charge in [-0.15, -0.1) is 0 Å². The summed E-state index contributed by atoms with van der Waals surface area (Å²) in [6.07, 6.45) is 3.08. The number of methoxy groups -OCH3 is 2. The van der Waals surface area contributed by atoms with Gasteiger partial charge in [-0.05, 0) is 37.1 Å². The molecule has 0 saturated carbocycles. The van der Waals surface area contributed by atoms with Gasteiger partial charge in [-0.2, -0.15) is 5.10 Å². The quantitative estimate of drug-likeness (QED) is 0.831. The average Bonchev–Trinajstić information content (AvgIpc) is 2.97. The van der Waals surface area contributed by atoms with E-state index < -0.39 is 0 Å². The van der Waals surface area contributed by atoms with Crippen molar-refractivity contribution in [1.29, 1.82) is 0 Å². The van der Waals surface area contributed by atoms with Gasteiger partial charge in [-0.3, -0.25) is 9.58 Å². The standard InChI is InChI=1S/C19H27N3O3/c1-21-17-8-10-22(12-15(17)16(13-23)20-21)9-4-5-14-6-7-18(24-2)19(11-14)25-3/h6-7,11,23H,4-5,8-10,12-13H2,1-3H3. The molecule has 1 N–H and O–H groups in total. The predicted molar refractivity (Wildman–Crippen MR) is 96.0 cm³/mol. The van der Waals surface area contributed by atoms with Gasteiger partial charge in [0.05, 0.1) is 26.5 Å². The fourth-order valence-corrected chi connectivity index (χ4v) is 3.59. The highest BCUT2D eigenvalue weighted by atomic mass is 16.5.